The number of nitrogens with two attached hydrogens (primary N) is 1. The number of hydrogen-bond donors (Lipinski definition) is 3. The molecule has 84 valence electrons. The lowest BCUT2D eigenvalue weighted by Crippen LogP contribution is -2.27. The second-order valence-corrected chi connectivity index (χ2v) is 3.85. The van der Waals surface area contributed by atoms with Crippen LogP contribution in [-0.4, -0.2) is 22.6 Å². The molecule has 4 heteroatoms. The predicted octanol–water partition coefficient (Wildman–Crippen LogP) is 0.804. The number of rotatable bonds is 4. The summed E-state index contributed by atoms with van der Waals surface area (Å²) in [5.41, 5.74) is 7.23. The number of aliphatic hydroxyl groups is 1. The molecule has 0 spiro atoms. The molecule has 0 saturated heterocycles. The quantitative estimate of drug-likeness (QED) is 0.709. The van der Waals surface area contributed by atoms with Crippen molar-refractivity contribution in [2.45, 2.75) is 6.42 Å². The second-order valence-electron chi connectivity index (χ2n) is 3.85. The SMILES string of the molecule is NC(=O)C(CO)Cc1c[nH]c2ccccc12. The fourth-order valence-corrected chi connectivity index (χ4v) is 1.82. The molecule has 1 aromatic carbocycles. The Balaban J connectivity index is 2.30. The molecule has 2 rings (SSSR count). The van der Waals surface area contributed by atoms with Gasteiger partial charge in [0.05, 0.1) is 12.5 Å². The van der Waals surface area contributed by atoms with Crippen molar-refractivity contribution in [1.82, 2.24) is 4.98 Å². The van der Waals surface area contributed by atoms with E-state index in [1.807, 2.05) is 30.5 Å². The molecule has 0 aliphatic rings. The van der Waals surface area contributed by atoms with Crippen LogP contribution in [0.25, 0.3) is 10.9 Å². The van der Waals surface area contributed by atoms with Crippen molar-refractivity contribution in [2.24, 2.45) is 11.7 Å². The van der Waals surface area contributed by atoms with Crippen LogP contribution in [-0.2, 0) is 11.2 Å². The maximum absolute atomic E-state index is 11.0. The van der Waals surface area contributed by atoms with Crippen LogP contribution in [0, 0.1) is 5.92 Å². The molecule has 0 aliphatic carbocycles. The summed E-state index contributed by atoms with van der Waals surface area (Å²) in [6.07, 6.45) is 2.33. The van der Waals surface area contributed by atoms with Gasteiger partial charge in [-0.1, -0.05) is 18.2 Å². The van der Waals surface area contributed by atoms with Crippen molar-refractivity contribution in [3.8, 4) is 0 Å². The lowest BCUT2D eigenvalue weighted by Gasteiger charge is -2.08. The highest BCUT2D eigenvalue weighted by Gasteiger charge is 2.16. The monoisotopic (exact) mass is 218 g/mol. The number of benzene rings is 1. The van der Waals surface area contributed by atoms with Crippen molar-refractivity contribution in [3.05, 3.63) is 36.0 Å². The number of hydrogen-bond acceptors (Lipinski definition) is 2. The van der Waals surface area contributed by atoms with Gasteiger partial charge in [-0.15, -0.1) is 0 Å². The normalized spacial score (nSPS) is 12.8. The van der Waals surface area contributed by atoms with Gasteiger partial charge in [0.25, 0.3) is 0 Å². The molecule has 0 bridgehead atoms. The summed E-state index contributed by atoms with van der Waals surface area (Å²) >= 11 is 0. The minimum Gasteiger partial charge on any atom is -0.396 e. The average molecular weight is 218 g/mol. The predicted molar refractivity (Wildman–Crippen MR) is 61.8 cm³/mol. The zero-order valence-corrected chi connectivity index (χ0v) is 8.81. The lowest BCUT2D eigenvalue weighted by atomic mass is 9.99. The fourth-order valence-electron chi connectivity index (χ4n) is 1.82. The van der Waals surface area contributed by atoms with Crippen LogP contribution in [0.15, 0.2) is 30.5 Å². The highest BCUT2D eigenvalue weighted by Crippen LogP contribution is 2.20. The summed E-state index contributed by atoms with van der Waals surface area (Å²) in [7, 11) is 0. The summed E-state index contributed by atoms with van der Waals surface area (Å²) < 4.78 is 0. The number of para-hydroxylation sites is 1. The number of aliphatic hydroxyl groups excluding tert-OH is 1. The lowest BCUT2D eigenvalue weighted by molar-refractivity contribution is -0.122. The first-order valence-corrected chi connectivity index (χ1v) is 5.17. The van der Waals surface area contributed by atoms with Gasteiger partial charge in [-0.2, -0.15) is 0 Å². The van der Waals surface area contributed by atoms with E-state index in [-0.39, 0.29) is 6.61 Å². The van der Waals surface area contributed by atoms with Crippen LogP contribution in [0.3, 0.4) is 0 Å². The number of carbonyl (C=O) groups excluding carboxylic acids is 1. The van der Waals surface area contributed by atoms with Crippen LogP contribution in [0.1, 0.15) is 5.56 Å². The third-order valence-electron chi connectivity index (χ3n) is 2.76. The van der Waals surface area contributed by atoms with Gasteiger partial charge in [0.1, 0.15) is 0 Å². The van der Waals surface area contributed by atoms with Gasteiger partial charge in [0.2, 0.25) is 5.91 Å². The van der Waals surface area contributed by atoms with Gasteiger partial charge in [0, 0.05) is 17.1 Å². The van der Waals surface area contributed by atoms with E-state index in [2.05, 4.69) is 4.98 Å². The summed E-state index contributed by atoms with van der Waals surface area (Å²) in [6, 6.07) is 7.84. The number of fused-ring (bicyclic) bond motifs is 1. The Kier molecular flexibility index (Phi) is 2.92. The van der Waals surface area contributed by atoms with Gasteiger partial charge < -0.3 is 15.8 Å². The smallest absolute Gasteiger partial charge is 0.223 e. The standard InChI is InChI=1S/C12H14N2O2/c13-12(16)9(7-15)5-8-6-14-11-4-2-1-3-10(8)11/h1-4,6,9,14-15H,5,7H2,(H2,13,16). The van der Waals surface area contributed by atoms with E-state index < -0.39 is 11.8 Å². The first kappa shape index (κ1) is 10.7. The highest BCUT2D eigenvalue weighted by atomic mass is 16.3. The molecule has 1 amide bonds. The van der Waals surface area contributed by atoms with E-state index >= 15 is 0 Å². The van der Waals surface area contributed by atoms with Crippen LogP contribution >= 0.6 is 0 Å². The molecule has 1 aromatic heterocycles. The Morgan fingerprint density at radius 2 is 2.19 bits per heavy atom. The van der Waals surface area contributed by atoms with E-state index in [0.717, 1.165) is 16.5 Å². The van der Waals surface area contributed by atoms with Crippen LogP contribution in [0.4, 0.5) is 0 Å². The van der Waals surface area contributed by atoms with E-state index in [9.17, 15) is 4.79 Å². The topological polar surface area (TPSA) is 79.1 Å². The van der Waals surface area contributed by atoms with E-state index in [1.165, 1.54) is 0 Å². The Morgan fingerprint density at radius 3 is 2.88 bits per heavy atom. The summed E-state index contributed by atoms with van der Waals surface area (Å²) in [5.74, 6) is -0.980. The van der Waals surface area contributed by atoms with Crippen molar-refractivity contribution >= 4 is 16.8 Å². The number of amides is 1. The van der Waals surface area contributed by atoms with Crippen LogP contribution in [0.2, 0.25) is 0 Å². The molecule has 0 saturated carbocycles. The summed E-state index contributed by atoms with van der Waals surface area (Å²) in [5, 5.41) is 10.1. The zero-order chi connectivity index (χ0) is 11.5. The van der Waals surface area contributed by atoms with Crippen LogP contribution < -0.4 is 5.73 Å². The van der Waals surface area contributed by atoms with E-state index in [4.69, 9.17) is 10.8 Å². The van der Waals surface area contributed by atoms with Gasteiger partial charge in [-0.05, 0) is 18.1 Å². The number of H-pyrrole nitrogens is 1. The van der Waals surface area contributed by atoms with Gasteiger partial charge in [0.15, 0.2) is 0 Å². The van der Waals surface area contributed by atoms with Gasteiger partial charge in [-0.25, -0.2) is 0 Å². The minimum atomic E-state index is -0.515. The van der Waals surface area contributed by atoms with E-state index in [0.29, 0.717) is 6.42 Å². The summed E-state index contributed by atoms with van der Waals surface area (Å²) in [4.78, 5) is 14.2. The number of aromatic nitrogens is 1. The number of aromatic amines is 1. The molecule has 16 heavy (non-hydrogen) atoms. The van der Waals surface area contributed by atoms with Crippen molar-refractivity contribution < 1.29 is 9.90 Å². The maximum Gasteiger partial charge on any atom is 0.223 e. The molecule has 1 unspecified atom stereocenters. The molecule has 2 aromatic rings. The fraction of sp³-hybridized carbons (Fsp3) is 0.250. The molecule has 1 atom stereocenters. The second kappa shape index (κ2) is 4.37. The first-order valence-electron chi connectivity index (χ1n) is 5.17. The van der Waals surface area contributed by atoms with Crippen molar-refractivity contribution in [3.63, 3.8) is 0 Å². The van der Waals surface area contributed by atoms with E-state index in [1.54, 1.807) is 0 Å². The zero-order valence-electron chi connectivity index (χ0n) is 8.81. The number of nitrogens with one attached hydrogen (secondary N) is 1. The Morgan fingerprint density at radius 1 is 1.44 bits per heavy atom. The molecule has 0 fully saturated rings. The Labute approximate surface area is 93.1 Å². The largest absolute Gasteiger partial charge is 0.396 e. The average Bonchev–Trinajstić information content (AvgIpc) is 2.69. The third kappa shape index (κ3) is 1.92. The molecule has 4 N–H and O–H groups in total. The third-order valence-corrected chi connectivity index (χ3v) is 2.76. The molecular weight excluding hydrogens is 204 g/mol. The molecule has 0 aliphatic heterocycles. The highest BCUT2D eigenvalue weighted by molar-refractivity contribution is 5.84. The Bertz CT molecular complexity index is 504. The number of carbonyl (C=O) groups is 1. The van der Waals surface area contributed by atoms with Gasteiger partial charge in [-0.3, -0.25) is 4.79 Å². The van der Waals surface area contributed by atoms with Crippen LogP contribution in [0.5, 0.6) is 0 Å². The number of primary amides is 1. The Hall–Kier alpha value is -1.81. The van der Waals surface area contributed by atoms with Crippen molar-refractivity contribution in [1.29, 1.82) is 0 Å². The molecule has 0 radical (unpaired) electrons. The van der Waals surface area contributed by atoms with Crippen molar-refractivity contribution in [2.75, 3.05) is 6.61 Å². The maximum atomic E-state index is 11.0. The minimum absolute atomic E-state index is 0.213. The molecule has 1 heterocycles. The first-order chi connectivity index (χ1) is 7.72. The molecule has 4 nitrogen and oxygen atoms in total. The molecular formula is C12H14N2O2. The van der Waals surface area contributed by atoms with Gasteiger partial charge >= 0.3 is 0 Å². The summed E-state index contributed by atoms with van der Waals surface area (Å²) in [6.45, 7) is -0.213.